The quantitative estimate of drug-likeness (QED) is 0.750. The average Bonchev–Trinajstić information content (AvgIpc) is 3.58. The molecule has 0 spiro atoms. The number of hydrogen-bond donors (Lipinski definition) is 1. The molecule has 2 aliphatic heterocycles. The van der Waals surface area contributed by atoms with Gasteiger partial charge in [-0.2, -0.15) is 0 Å². The summed E-state index contributed by atoms with van der Waals surface area (Å²) in [6.45, 7) is 4.00. The zero-order valence-electron chi connectivity index (χ0n) is 17.7. The number of nitrogens with one attached hydrogen (secondary N) is 1. The Kier molecular flexibility index (Phi) is 6.36. The molecule has 0 aromatic heterocycles. The second kappa shape index (κ2) is 9.18. The first kappa shape index (κ1) is 21.5. The van der Waals surface area contributed by atoms with Crippen molar-refractivity contribution in [1.29, 1.82) is 0 Å². The maximum atomic E-state index is 13.3. The molecule has 2 heterocycles. The Morgan fingerprint density at radius 1 is 1.16 bits per heavy atom. The molecule has 31 heavy (non-hydrogen) atoms. The van der Waals surface area contributed by atoms with Crippen LogP contribution in [-0.4, -0.2) is 59.9 Å². The molecule has 1 aromatic carbocycles. The van der Waals surface area contributed by atoms with Crippen molar-refractivity contribution in [3.63, 3.8) is 0 Å². The smallest absolute Gasteiger partial charge is 0.251 e. The third-order valence-corrected chi connectivity index (χ3v) is 6.09. The van der Waals surface area contributed by atoms with Gasteiger partial charge in [0.1, 0.15) is 5.82 Å². The highest BCUT2D eigenvalue weighted by molar-refractivity contribution is 5.98. The fourth-order valence-electron chi connectivity index (χ4n) is 4.10. The third-order valence-electron chi connectivity index (χ3n) is 6.09. The summed E-state index contributed by atoms with van der Waals surface area (Å²) < 4.78 is 18.7. The summed E-state index contributed by atoms with van der Waals surface area (Å²) in [5.41, 5.74) is 1.92. The molecule has 0 bridgehead atoms. The number of morpholine rings is 1. The van der Waals surface area contributed by atoms with Crippen LogP contribution in [0, 0.1) is 11.7 Å². The van der Waals surface area contributed by atoms with E-state index in [0.29, 0.717) is 37.6 Å². The zero-order chi connectivity index (χ0) is 22.0. The van der Waals surface area contributed by atoms with E-state index in [1.807, 2.05) is 0 Å². The lowest BCUT2D eigenvalue weighted by molar-refractivity contribution is -0.139. The molecule has 3 aliphatic rings. The van der Waals surface area contributed by atoms with Gasteiger partial charge in [0, 0.05) is 36.8 Å². The number of ether oxygens (including phenoxy) is 1. The predicted octanol–water partition coefficient (Wildman–Crippen LogP) is 1.98. The van der Waals surface area contributed by atoms with Gasteiger partial charge in [-0.25, -0.2) is 4.39 Å². The summed E-state index contributed by atoms with van der Waals surface area (Å²) in [5, 5.41) is 2.93. The molecule has 1 saturated heterocycles. The highest BCUT2D eigenvalue weighted by atomic mass is 19.1. The van der Waals surface area contributed by atoms with Gasteiger partial charge in [0.25, 0.3) is 5.91 Å². The van der Waals surface area contributed by atoms with Crippen molar-refractivity contribution in [3.05, 3.63) is 46.9 Å². The Bertz CT molecular complexity index is 889. The van der Waals surface area contributed by atoms with Gasteiger partial charge < -0.3 is 19.9 Å². The molecule has 0 radical (unpaired) electrons. The molecule has 2 fully saturated rings. The fourth-order valence-corrected chi connectivity index (χ4v) is 4.10. The van der Waals surface area contributed by atoms with Crippen molar-refractivity contribution in [2.24, 2.45) is 5.92 Å². The minimum atomic E-state index is -0.595. The second-order valence-corrected chi connectivity index (χ2v) is 8.47. The summed E-state index contributed by atoms with van der Waals surface area (Å²) >= 11 is 0. The Labute approximate surface area is 181 Å². The molecule has 4 rings (SSSR count). The van der Waals surface area contributed by atoms with E-state index in [9.17, 15) is 18.8 Å². The lowest BCUT2D eigenvalue weighted by Crippen LogP contribution is -2.46. The Hall–Kier alpha value is -2.74. The van der Waals surface area contributed by atoms with E-state index in [1.54, 1.807) is 28.9 Å². The van der Waals surface area contributed by atoms with Crippen LogP contribution in [-0.2, 0) is 25.7 Å². The average molecular weight is 429 g/mol. The third kappa shape index (κ3) is 5.12. The molecule has 1 atom stereocenters. The summed E-state index contributed by atoms with van der Waals surface area (Å²) in [6.07, 6.45) is 2.25. The molecule has 1 aromatic rings. The van der Waals surface area contributed by atoms with Gasteiger partial charge in [0.2, 0.25) is 11.8 Å². The number of carbonyl (C=O) groups is 3. The van der Waals surface area contributed by atoms with Crippen molar-refractivity contribution in [2.75, 3.05) is 26.3 Å². The zero-order valence-corrected chi connectivity index (χ0v) is 17.7. The number of carbonyl (C=O) groups excluding carboxylic acids is 3. The predicted molar refractivity (Wildman–Crippen MR) is 111 cm³/mol. The molecule has 3 amide bonds. The maximum Gasteiger partial charge on any atom is 0.251 e. The van der Waals surface area contributed by atoms with E-state index in [4.69, 9.17) is 4.74 Å². The minimum absolute atomic E-state index is 0.0580. The highest BCUT2D eigenvalue weighted by Gasteiger charge is 2.38. The molecule has 8 heteroatoms. The summed E-state index contributed by atoms with van der Waals surface area (Å²) in [5.74, 6) is -1.38. The summed E-state index contributed by atoms with van der Waals surface area (Å²) in [7, 11) is 0. The topological polar surface area (TPSA) is 79.0 Å². The first-order valence-corrected chi connectivity index (χ1v) is 10.8. The van der Waals surface area contributed by atoms with E-state index >= 15 is 0 Å². The summed E-state index contributed by atoms with van der Waals surface area (Å²) in [4.78, 5) is 42.3. The molecular weight excluding hydrogens is 401 g/mol. The standard InChI is InChI=1S/C23H28FN3O4/c1-15-20(23(30)26-8-10-31-11-9-26)12-17(13-21(28)25-19-6-7-19)22(29)27(15)14-16-2-4-18(24)5-3-16/h2-5,17,19H,6-14H2,1H3,(H,25,28). The van der Waals surface area contributed by atoms with Gasteiger partial charge in [-0.15, -0.1) is 0 Å². The van der Waals surface area contributed by atoms with Crippen LogP contribution >= 0.6 is 0 Å². The number of nitrogens with zero attached hydrogens (tertiary/aromatic N) is 2. The van der Waals surface area contributed by atoms with Crippen LogP contribution in [0.2, 0.25) is 0 Å². The molecule has 7 nitrogen and oxygen atoms in total. The number of amides is 3. The van der Waals surface area contributed by atoms with E-state index < -0.39 is 5.92 Å². The van der Waals surface area contributed by atoms with Crippen molar-refractivity contribution < 1.29 is 23.5 Å². The number of benzene rings is 1. The minimum Gasteiger partial charge on any atom is -0.378 e. The first-order chi connectivity index (χ1) is 14.9. The lowest BCUT2D eigenvalue weighted by Gasteiger charge is -2.37. The number of halogens is 1. The van der Waals surface area contributed by atoms with Gasteiger partial charge in [-0.05, 0) is 43.9 Å². The largest absolute Gasteiger partial charge is 0.378 e. The van der Waals surface area contributed by atoms with Gasteiger partial charge in [0.05, 0.1) is 25.7 Å². The molecule has 1 aliphatic carbocycles. The molecule has 1 unspecified atom stereocenters. The number of hydrogen-bond acceptors (Lipinski definition) is 4. The van der Waals surface area contributed by atoms with Crippen molar-refractivity contribution in [3.8, 4) is 0 Å². The maximum absolute atomic E-state index is 13.3. The van der Waals surface area contributed by atoms with Crippen molar-refractivity contribution in [1.82, 2.24) is 15.1 Å². The Balaban J connectivity index is 1.58. The van der Waals surface area contributed by atoms with Gasteiger partial charge >= 0.3 is 0 Å². The number of rotatable bonds is 6. The van der Waals surface area contributed by atoms with Crippen LogP contribution in [0.1, 0.15) is 38.2 Å². The summed E-state index contributed by atoms with van der Waals surface area (Å²) in [6, 6.07) is 6.17. The van der Waals surface area contributed by atoms with Crippen LogP contribution in [0.3, 0.4) is 0 Å². The van der Waals surface area contributed by atoms with Crippen molar-refractivity contribution >= 4 is 17.7 Å². The van der Waals surface area contributed by atoms with Gasteiger partial charge in [-0.1, -0.05) is 12.1 Å². The SMILES string of the molecule is CC1=C(C(=O)N2CCOCC2)CC(CC(=O)NC2CC2)C(=O)N1Cc1ccc(F)cc1. The van der Waals surface area contributed by atoms with Crippen LogP contribution in [0.4, 0.5) is 4.39 Å². The van der Waals surface area contributed by atoms with Crippen molar-refractivity contribution in [2.45, 2.75) is 45.2 Å². The van der Waals surface area contributed by atoms with Crippen LogP contribution in [0.25, 0.3) is 0 Å². The van der Waals surface area contributed by atoms with Crippen LogP contribution < -0.4 is 5.32 Å². The normalized spacial score (nSPS) is 22.0. The number of allylic oxidation sites excluding steroid dienone is 1. The lowest BCUT2D eigenvalue weighted by atomic mass is 9.88. The molecule has 1 saturated carbocycles. The second-order valence-electron chi connectivity index (χ2n) is 8.47. The first-order valence-electron chi connectivity index (χ1n) is 10.8. The molecule has 166 valence electrons. The van der Waals surface area contributed by atoms with E-state index in [-0.39, 0.29) is 49.0 Å². The van der Waals surface area contributed by atoms with Crippen LogP contribution in [0.5, 0.6) is 0 Å². The van der Waals surface area contributed by atoms with Crippen LogP contribution in [0.15, 0.2) is 35.5 Å². The van der Waals surface area contributed by atoms with E-state index in [1.165, 1.54) is 12.1 Å². The van der Waals surface area contributed by atoms with Gasteiger partial charge in [0.15, 0.2) is 0 Å². The van der Waals surface area contributed by atoms with E-state index in [0.717, 1.165) is 18.4 Å². The van der Waals surface area contributed by atoms with Gasteiger partial charge in [-0.3, -0.25) is 14.4 Å². The molecule has 1 N–H and O–H groups in total. The fraction of sp³-hybridized carbons (Fsp3) is 0.522. The highest BCUT2D eigenvalue weighted by Crippen LogP contribution is 2.32. The van der Waals surface area contributed by atoms with E-state index in [2.05, 4.69) is 5.32 Å². The monoisotopic (exact) mass is 429 g/mol. The Morgan fingerprint density at radius 2 is 1.84 bits per heavy atom. The molecular formula is C23H28FN3O4. The Morgan fingerprint density at radius 3 is 2.48 bits per heavy atom.